The number of thiophene rings is 1. The molecule has 11 heteroatoms. The van der Waals surface area contributed by atoms with E-state index in [2.05, 4.69) is 10.6 Å². The molecule has 0 bridgehead atoms. The first-order chi connectivity index (χ1) is 17.2. The Morgan fingerprint density at radius 1 is 1.03 bits per heavy atom. The number of carboxylic acid groups (broad SMARTS) is 1. The smallest absolute Gasteiger partial charge is 0.303 e. The Kier molecular flexibility index (Phi) is 8.05. The van der Waals surface area contributed by atoms with E-state index in [0.717, 1.165) is 22.2 Å². The molecule has 2 heterocycles. The Balaban J connectivity index is 1.30. The van der Waals surface area contributed by atoms with Gasteiger partial charge in [0.15, 0.2) is 0 Å². The third-order valence-electron chi connectivity index (χ3n) is 6.11. The van der Waals surface area contributed by atoms with Gasteiger partial charge in [0.2, 0.25) is 0 Å². The fourth-order valence-electron chi connectivity index (χ4n) is 4.30. The summed E-state index contributed by atoms with van der Waals surface area (Å²) in [4.78, 5) is 37.7. The SMILES string of the molecule is O=C(O)CC1CCN(c2c(F)cc(C(=O)NCCNC(=O)c3sc4ccccc4c3Cl)cc2F)CC1. The van der Waals surface area contributed by atoms with E-state index in [0.29, 0.717) is 35.8 Å². The maximum absolute atomic E-state index is 14.7. The first kappa shape index (κ1) is 25.8. The Morgan fingerprint density at radius 3 is 2.25 bits per heavy atom. The summed E-state index contributed by atoms with van der Waals surface area (Å²) >= 11 is 7.57. The van der Waals surface area contributed by atoms with E-state index in [9.17, 15) is 23.2 Å². The van der Waals surface area contributed by atoms with Gasteiger partial charge in [-0.25, -0.2) is 8.78 Å². The summed E-state index contributed by atoms with van der Waals surface area (Å²) in [6.45, 7) is 0.820. The van der Waals surface area contributed by atoms with Crippen LogP contribution in [0.1, 0.15) is 39.3 Å². The molecule has 0 saturated carbocycles. The molecule has 190 valence electrons. The molecule has 3 aromatic rings. The van der Waals surface area contributed by atoms with Crippen LogP contribution < -0.4 is 15.5 Å². The van der Waals surface area contributed by atoms with Gasteiger partial charge in [-0.15, -0.1) is 11.3 Å². The van der Waals surface area contributed by atoms with Crippen LogP contribution in [0.5, 0.6) is 0 Å². The Hall–Kier alpha value is -3.24. The molecule has 0 aliphatic carbocycles. The molecule has 1 saturated heterocycles. The lowest BCUT2D eigenvalue weighted by molar-refractivity contribution is -0.138. The van der Waals surface area contributed by atoms with Crippen LogP contribution in [0.15, 0.2) is 36.4 Å². The average molecular weight is 536 g/mol. The van der Waals surface area contributed by atoms with Gasteiger partial charge >= 0.3 is 5.97 Å². The molecule has 36 heavy (non-hydrogen) atoms. The van der Waals surface area contributed by atoms with Crippen LogP contribution in [0.25, 0.3) is 10.1 Å². The summed E-state index contributed by atoms with van der Waals surface area (Å²) in [5, 5.41) is 15.3. The minimum absolute atomic E-state index is 0.0229. The highest BCUT2D eigenvalue weighted by Crippen LogP contribution is 2.35. The van der Waals surface area contributed by atoms with Crippen molar-refractivity contribution in [2.24, 2.45) is 5.92 Å². The zero-order valence-corrected chi connectivity index (χ0v) is 20.7. The zero-order chi connectivity index (χ0) is 25.8. The van der Waals surface area contributed by atoms with Crippen LogP contribution in [0.3, 0.4) is 0 Å². The molecule has 0 unspecified atom stereocenters. The molecule has 0 atom stereocenters. The number of hydrogen-bond acceptors (Lipinski definition) is 5. The minimum Gasteiger partial charge on any atom is -0.481 e. The van der Waals surface area contributed by atoms with Crippen molar-refractivity contribution in [3.05, 3.63) is 63.5 Å². The van der Waals surface area contributed by atoms with Gasteiger partial charge in [-0.1, -0.05) is 29.8 Å². The Morgan fingerprint density at radius 2 is 1.64 bits per heavy atom. The van der Waals surface area contributed by atoms with E-state index < -0.39 is 23.5 Å². The lowest BCUT2D eigenvalue weighted by Gasteiger charge is -2.33. The molecule has 1 fully saturated rings. The van der Waals surface area contributed by atoms with Gasteiger partial charge in [0, 0.05) is 48.2 Å². The first-order valence-corrected chi connectivity index (χ1v) is 12.6. The highest BCUT2D eigenvalue weighted by molar-refractivity contribution is 7.21. The second kappa shape index (κ2) is 11.2. The molecular formula is C25H24ClF2N3O4S. The molecule has 1 aliphatic heterocycles. The number of aliphatic carboxylic acids is 1. The summed E-state index contributed by atoms with van der Waals surface area (Å²) in [5.41, 5.74) is -0.388. The summed E-state index contributed by atoms with van der Waals surface area (Å²) in [5.74, 6) is -3.67. The second-order valence-corrected chi connectivity index (χ2v) is 10.0. The van der Waals surface area contributed by atoms with Gasteiger partial charge in [-0.3, -0.25) is 14.4 Å². The number of fused-ring (bicyclic) bond motifs is 1. The first-order valence-electron chi connectivity index (χ1n) is 11.4. The van der Waals surface area contributed by atoms with Gasteiger partial charge in [0.25, 0.3) is 11.8 Å². The van der Waals surface area contributed by atoms with Crippen LogP contribution in [-0.2, 0) is 4.79 Å². The minimum atomic E-state index is -0.885. The standard InChI is InChI=1S/C25H24ClF2N3O4S/c26-21-16-3-1-2-4-19(16)36-23(21)25(35)30-8-7-29-24(34)15-12-17(27)22(18(28)13-15)31-9-5-14(6-10-31)11-20(32)33/h1-4,12-14H,5-11H2,(H,29,34)(H,30,35)(H,32,33). The number of carbonyl (C=O) groups excluding carboxylic acids is 2. The van der Waals surface area contributed by atoms with Crippen molar-refractivity contribution >= 4 is 56.5 Å². The lowest BCUT2D eigenvalue weighted by atomic mass is 9.93. The maximum Gasteiger partial charge on any atom is 0.303 e. The highest BCUT2D eigenvalue weighted by atomic mass is 35.5. The number of halogens is 3. The number of nitrogens with zero attached hydrogens (tertiary/aromatic N) is 1. The van der Waals surface area contributed by atoms with E-state index in [4.69, 9.17) is 16.7 Å². The molecular weight excluding hydrogens is 512 g/mol. The van der Waals surface area contributed by atoms with Crippen molar-refractivity contribution < 1.29 is 28.3 Å². The second-order valence-electron chi connectivity index (χ2n) is 8.57. The summed E-state index contributed by atoms with van der Waals surface area (Å²) in [7, 11) is 0. The van der Waals surface area contributed by atoms with Crippen LogP contribution >= 0.6 is 22.9 Å². The number of amides is 2. The van der Waals surface area contributed by atoms with Gasteiger partial charge < -0.3 is 20.6 Å². The van der Waals surface area contributed by atoms with Crippen molar-refractivity contribution in [3.8, 4) is 0 Å². The number of anilines is 1. The monoisotopic (exact) mass is 535 g/mol. The largest absolute Gasteiger partial charge is 0.481 e. The lowest BCUT2D eigenvalue weighted by Crippen LogP contribution is -2.36. The number of hydrogen-bond donors (Lipinski definition) is 3. The molecule has 4 rings (SSSR count). The van der Waals surface area contributed by atoms with Gasteiger partial charge in [-0.2, -0.15) is 0 Å². The van der Waals surface area contributed by atoms with Gasteiger partial charge in [0.1, 0.15) is 22.2 Å². The fourth-order valence-corrected chi connectivity index (χ4v) is 5.73. The predicted molar refractivity (Wildman–Crippen MR) is 135 cm³/mol. The normalized spacial score (nSPS) is 14.1. The Bertz CT molecular complexity index is 1280. The van der Waals surface area contributed by atoms with E-state index >= 15 is 0 Å². The van der Waals surface area contributed by atoms with Crippen molar-refractivity contribution in [2.75, 3.05) is 31.1 Å². The van der Waals surface area contributed by atoms with Crippen molar-refractivity contribution in [1.82, 2.24) is 10.6 Å². The molecule has 1 aliphatic rings. The number of rotatable bonds is 8. The molecule has 0 radical (unpaired) electrons. The average Bonchev–Trinajstić information content (AvgIpc) is 3.18. The number of nitrogens with one attached hydrogen (secondary N) is 2. The van der Waals surface area contributed by atoms with Crippen LogP contribution in [0.4, 0.5) is 14.5 Å². The van der Waals surface area contributed by atoms with Crippen molar-refractivity contribution in [2.45, 2.75) is 19.3 Å². The summed E-state index contributed by atoms with van der Waals surface area (Å²) in [6.07, 6.45) is 1.08. The zero-order valence-electron chi connectivity index (χ0n) is 19.2. The molecule has 1 aromatic heterocycles. The molecule has 0 spiro atoms. The Labute approximate surface area is 215 Å². The maximum atomic E-state index is 14.7. The summed E-state index contributed by atoms with van der Waals surface area (Å²) < 4.78 is 30.4. The van der Waals surface area contributed by atoms with Gasteiger partial charge in [0.05, 0.1) is 5.02 Å². The molecule has 2 aromatic carbocycles. The van der Waals surface area contributed by atoms with Gasteiger partial charge in [-0.05, 0) is 37.0 Å². The third-order valence-corrected chi connectivity index (χ3v) is 7.78. The quantitative estimate of drug-likeness (QED) is 0.364. The topological polar surface area (TPSA) is 98.7 Å². The molecule has 7 nitrogen and oxygen atoms in total. The van der Waals surface area contributed by atoms with Crippen LogP contribution in [-0.4, -0.2) is 49.1 Å². The van der Waals surface area contributed by atoms with Crippen molar-refractivity contribution in [1.29, 1.82) is 0 Å². The van der Waals surface area contributed by atoms with E-state index in [1.807, 2.05) is 24.3 Å². The molecule has 2 amide bonds. The van der Waals surface area contributed by atoms with Crippen molar-refractivity contribution in [3.63, 3.8) is 0 Å². The number of piperidine rings is 1. The molecule has 3 N–H and O–H groups in total. The number of benzene rings is 2. The predicted octanol–water partition coefficient (Wildman–Crippen LogP) is 4.68. The van der Waals surface area contributed by atoms with E-state index in [-0.39, 0.29) is 42.6 Å². The fraction of sp³-hybridized carbons (Fsp3) is 0.320. The van der Waals surface area contributed by atoms with Crippen LogP contribution in [0.2, 0.25) is 5.02 Å². The number of carbonyl (C=O) groups is 3. The highest BCUT2D eigenvalue weighted by Gasteiger charge is 2.26. The van der Waals surface area contributed by atoms with E-state index in [1.165, 1.54) is 11.3 Å². The van der Waals surface area contributed by atoms with Crippen LogP contribution in [0, 0.1) is 17.6 Å². The summed E-state index contributed by atoms with van der Waals surface area (Å²) in [6, 6.07) is 9.35. The number of carboxylic acids is 1. The third kappa shape index (κ3) is 5.76. The van der Waals surface area contributed by atoms with E-state index in [1.54, 1.807) is 4.90 Å².